The molecule has 0 aliphatic carbocycles. The predicted octanol–water partition coefficient (Wildman–Crippen LogP) is 3.12. The highest BCUT2D eigenvalue weighted by atomic mass is 32.1. The first kappa shape index (κ1) is 16.5. The lowest BCUT2D eigenvalue weighted by atomic mass is 10.2. The van der Waals surface area contributed by atoms with E-state index < -0.39 is 16.6 Å². The number of terminal acetylenes is 1. The Hall–Kier alpha value is -3.31. The summed E-state index contributed by atoms with van der Waals surface area (Å²) >= 11 is 1.08. The van der Waals surface area contributed by atoms with Gasteiger partial charge in [0.2, 0.25) is 0 Å². The van der Waals surface area contributed by atoms with Crippen molar-refractivity contribution in [2.45, 2.75) is 6.54 Å². The van der Waals surface area contributed by atoms with Crippen molar-refractivity contribution >= 4 is 33.1 Å². The summed E-state index contributed by atoms with van der Waals surface area (Å²) in [6, 6.07) is 9.81. The zero-order valence-electron chi connectivity index (χ0n) is 12.7. The lowest BCUT2D eigenvalue weighted by molar-refractivity contribution is -0.384. The Kier molecular flexibility index (Phi) is 4.41. The van der Waals surface area contributed by atoms with Crippen LogP contribution in [0.25, 0.3) is 10.2 Å². The molecule has 2 aromatic carbocycles. The number of non-ortho nitro benzene ring substituents is 1. The summed E-state index contributed by atoms with van der Waals surface area (Å²) in [6.07, 6.45) is 5.36. The number of nitro benzene ring substituents is 1. The number of aromatic nitrogens is 1. The van der Waals surface area contributed by atoms with Crippen molar-refractivity contribution in [3.05, 3.63) is 68.8 Å². The van der Waals surface area contributed by atoms with Crippen molar-refractivity contribution < 1.29 is 14.1 Å². The molecule has 0 unspecified atom stereocenters. The molecule has 0 fully saturated rings. The Bertz CT molecular complexity index is 1110. The summed E-state index contributed by atoms with van der Waals surface area (Å²) in [6.45, 7) is 0.126. The van der Waals surface area contributed by atoms with Crippen LogP contribution in [0.1, 0.15) is 10.4 Å². The lowest BCUT2D eigenvalue weighted by Crippen LogP contribution is -2.16. The Morgan fingerprint density at radius 3 is 2.80 bits per heavy atom. The number of fused-ring (bicyclic) bond motifs is 1. The van der Waals surface area contributed by atoms with E-state index in [1.165, 1.54) is 36.4 Å². The molecule has 0 saturated carbocycles. The smallest absolute Gasteiger partial charge is 0.282 e. The highest BCUT2D eigenvalue weighted by Crippen LogP contribution is 2.23. The van der Waals surface area contributed by atoms with Crippen molar-refractivity contribution in [2.75, 3.05) is 0 Å². The molecule has 124 valence electrons. The Balaban J connectivity index is 2.19. The standard InChI is InChI=1S/C17H10FN3O3S/c1-2-9-20-14-8-7-11(21(23)24)10-15(14)25-17(20)19-16(22)12-5-3-4-6-13(12)18/h1,3-8,10H,9H2. The van der Waals surface area contributed by atoms with E-state index in [0.717, 1.165) is 11.3 Å². The van der Waals surface area contributed by atoms with Crippen LogP contribution in [0.15, 0.2) is 47.5 Å². The molecule has 0 saturated heterocycles. The van der Waals surface area contributed by atoms with E-state index in [2.05, 4.69) is 10.9 Å². The highest BCUT2D eigenvalue weighted by Gasteiger charge is 2.14. The predicted molar refractivity (Wildman–Crippen MR) is 91.6 cm³/mol. The first-order valence-corrected chi connectivity index (χ1v) is 7.87. The SMILES string of the molecule is C#CCn1c(=NC(=O)c2ccccc2F)sc2cc([N+](=O)[O-])ccc21. The third kappa shape index (κ3) is 3.18. The molecule has 25 heavy (non-hydrogen) atoms. The van der Waals surface area contributed by atoms with Crippen molar-refractivity contribution in [2.24, 2.45) is 4.99 Å². The Morgan fingerprint density at radius 1 is 1.36 bits per heavy atom. The highest BCUT2D eigenvalue weighted by molar-refractivity contribution is 7.16. The van der Waals surface area contributed by atoms with Gasteiger partial charge < -0.3 is 4.57 Å². The zero-order chi connectivity index (χ0) is 18.0. The van der Waals surface area contributed by atoms with E-state index in [1.54, 1.807) is 10.6 Å². The number of amides is 1. The molecule has 1 heterocycles. The Labute approximate surface area is 145 Å². The number of benzene rings is 2. The van der Waals surface area contributed by atoms with Crippen LogP contribution in [0.2, 0.25) is 0 Å². The van der Waals surface area contributed by atoms with Crippen LogP contribution >= 0.6 is 11.3 Å². The third-order valence-corrected chi connectivity index (χ3v) is 4.47. The second-order valence-corrected chi connectivity index (χ2v) is 5.99. The van der Waals surface area contributed by atoms with Gasteiger partial charge in [0.25, 0.3) is 11.6 Å². The summed E-state index contributed by atoms with van der Waals surface area (Å²) in [5, 5.41) is 10.9. The van der Waals surface area contributed by atoms with Gasteiger partial charge in [0, 0.05) is 12.1 Å². The van der Waals surface area contributed by atoms with Crippen LogP contribution in [-0.2, 0) is 6.54 Å². The fourth-order valence-electron chi connectivity index (χ4n) is 2.29. The van der Waals surface area contributed by atoms with Gasteiger partial charge >= 0.3 is 0 Å². The van der Waals surface area contributed by atoms with E-state index in [9.17, 15) is 19.3 Å². The number of hydrogen-bond acceptors (Lipinski definition) is 4. The largest absolute Gasteiger partial charge is 0.305 e. The maximum absolute atomic E-state index is 13.7. The van der Waals surface area contributed by atoms with Gasteiger partial charge in [0.05, 0.1) is 27.2 Å². The molecular formula is C17H10FN3O3S. The fraction of sp³-hybridized carbons (Fsp3) is 0.0588. The fourth-order valence-corrected chi connectivity index (χ4v) is 3.35. The molecule has 0 aliphatic rings. The van der Waals surface area contributed by atoms with Gasteiger partial charge in [-0.25, -0.2) is 4.39 Å². The summed E-state index contributed by atoms with van der Waals surface area (Å²) < 4.78 is 15.9. The van der Waals surface area contributed by atoms with Crippen LogP contribution in [-0.4, -0.2) is 15.4 Å². The molecule has 0 spiro atoms. The average Bonchev–Trinajstić information content (AvgIpc) is 2.92. The monoisotopic (exact) mass is 355 g/mol. The van der Waals surface area contributed by atoms with Crippen LogP contribution < -0.4 is 4.80 Å². The average molecular weight is 355 g/mol. The number of carbonyl (C=O) groups is 1. The van der Waals surface area contributed by atoms with Gasteiger partial charge in [-0.2, -0.15) is 4.99 Å². The molecule has 0 bridgehead atoms. The van der Waals surface area contributed by atoms with E-state index in [4.69, 9.17) is 6.42 Å². The number of hydrogen-bond donors (Lipinski definition) is 0. The van der Waals surface area contributed by atoms with Crippen LogP contribution in [0.5, 0.6) is 0 Å². The van der Waals surface area contributed by atoms with Gasteiger partial charge in [-0.1, -0.05) is 29.4 Å². The molecule has 0 atom stereocenters. The molecule has 1 amide bonds. The minimum atomic E-state index is -0.745. The van der Waals surface area contributed by atoms with Crippen LogP contribution in [0.4, 0.5) is 10.1 Å². The summed E-state index contributed by atoms with van der Waals surface area (Å²) in [5.74, 6) is 1.04. The molecular weight excluding hydrogens is 345 g/mol. The van der Waals surface area contributed by atoms with Gasteiger partial charge in [-0.3, -0.25) is 14.9 Å². The first-order valence-electron chi connectivity index (χ1n) is 7.06. The maximum atomic E-state index is 13.7. The first-order chi connectivity index (χ1) is 12.0. The summed E-state index contributed by atoms with van der Waals surface area (Å²) in [5.41, 5.74) is 0.389. The molecule has 8 heteroatoms. The van der Waals surface area contributed by atoms with Crippen LogP contribution in [0.3, 0.4) is 0 Å². The quantitative estimate of drug-likeness (QED) is 0.411. The molecule has 0 radical (unpaired) electrons. The number of rotatable bonds is 3. The van der Waals surface area contributed by atoms with E-state index >= 15 is 0 Å². The third-order valence-electron chi connectivity index (χ3n) is 3.43. The number of carbonyl (C=O) groups excluding carboxylic acids is 1. The summed E-state index contributed by atoms with van der Waals surface area (Å²) in [4.78, 5) is 26.9. The van der Waals surface area contributed by atoms with Gasteiger partial charge in [-0.15, -0.1) is 6.42 Å². The molecule has 3 aromatic rings. The number of nitro groups is 1. The second-order valence-electron chi connectivity index (χ2n) is 4.98. The lowest BCUT2D eigenvalue weighted by Gasteiger charge is -2.00. The molecule has 1 aromatic heterocycles. The van der Waals surface area contributed by atoms with Crippen LogP contribution in [0, 0.1) is 28.3 Å². The maximum Gasteiger partial charge on any atom is 0.282 e. The normalized spacial score (nSPS) is 11.4. The van der Waals surface area contributed by atoms with Crippen molar-refractivity contribution in [3.8, 4) is 12.3 Å². The number of nitrogens with zero attached hydrogens (tertiary/aromatic N) is 3. The molecule has 0 aliphatic heterocycles. The summed E-state index contributed by atoms with van der Waals surface area (Å²) in [7, 11) is 0. The van der Waals surface area contributed by atoms with Gasteiger partial charge in [0.15, 0.2) is 4.80 Å². The topological polar surface area (TPSA) is 77.5 Å². The molecule has 3 rings (SSSR count). The Morgan fingerprint density at radius 2 is 2.12 bits per heavy atom. The van der Waals surface area contributed by atoms with Gasteiger partial charge in [-0.05, 0) is 18.2 Å². The minimum Gasteiger partial charge on any atom is -0.305 e. The van der Waals surface area contributed by atoms with Crippen molar-refractivity contribution in [1.82, 2.24) is 4.57 Å². The zero-order valence-corrected chi connectivity index (χ0v) is 13.5. The van der Waals surface area contributed by atoms with Crippen molar-refractivity contribution in [1.29, 1.82) is 0 Å². The number of thiazole rings is 1. The number of halogens is 1. The van der Waals surface area contributed by atoms with Crippen molar-refractivity contribution in [3.63, 3.8) is 0 Å². The van der Waals surface area contributed by atoms with E-state index in [0.29, 0.717) is 10.2 Å². The minimum absolute atomic E-state index is 0.0754. The molecule has 0 N–H and O–H groups in total. The van der Waals surface area contributed by atoms with E-state index in [-0.39, 0.29) is 22.6 Å². The van der Waals surface area contributed by atoms with E-state index in [1.807, 2.05) is 0 Å². The molecule has 6 nitrogen and oxygen atoms in total. The van der Waals surface area contributed by atoms with Gasteiger partial charge in [0.1, 0.15) is 5.82 Å². The second kappa shape index (κ2) is 6.67.